The molecular weight excluding hydrogens is 398 g/mol. The van der Waals surface area contributed by atoms with Crippen LogP contribution in [-0.4, -0.2) is 41.3 Å². The molecule has 0 saturated heterocycles. The van der Waals surface area contributed by atoms with Crippen molar-refractivity contribution in [2.24, 2.45) is 0 Å². The first kappa shape index (κ1) is 20.7. The summed E-state index contributed by atoms with van der Waals surface area (Å²) in [6.45, 7) is 0.620. The van der Waals surface area contributed by atoms with Gasteiger partial charge >= 0.3 is 0 Å². The number of phenolic OH excluding ortho intramolecular Hbond substituents is 1. The average Bonchev–Trinajstić information content (AvgIpc) is 2.74. The molecule has 7 heteroatoms. The number of halogens is 1. The highest BCUT2D eigenvalue weighted by molar-refractivity contribution is 6.30. The Morgan fingerprint density at radius 2 is 1.77 bits per heavy atom. The monoisotopic (exact) mass is 425 g/mol. The summed E-state index contributed by atoms with van der Waals surface area (Å²) in [5, 5.41) is 18.8. The van der Waals surface area contributed by atoms with Gasteiger partial charge in [0.05, 0.1) is 5.52 Å². The summed E-state index contributed by atoms with van der Waals surface area (Å²) in [5.74, 6) is 1.91. The number of hydrogen-bond acceptors (Lipinski definition) is 6. The van der Waals surface area contributed by atoms with Crippen molar-refractivity contribution in [1.82, 2.24) is 15.3 Å². The van der Waals surface area contributed by atoms with Gasteiger partial charge in [-0.15, -0.1) is 0 Å². The van der Waals surface area contributed by atoms with Crippen molar-refractivity contribution in [3.8, 4) is 5.75 Å². The normalized spacial score (nSPS) is 19.0. The molecule has 1 saturated carbocycles. The molecule has 158 valence electrons. The lowest BCUT2D eigenvalue weighted by molar-refractivity contribution is 0.350. The maximum Gasteiger partial charge on any atom is 0.225 e. The third-order valence-corrected chi connectivity index (χ3v) is 5.92. The highest BCUT2D eigenvalue weighted by atomic mass is 35.5. The molecule has 1 heterocycles. The fraction of sp³-hybridized carbons (Fsp3) is 0.391. The minimum atomic E-state index is 0.285. The smallest absolute Gasteiger partial charge is 0.225 e. The summed E-state index contributed by atoms with van der Waals surface area (Å²) >= 11 is 6.04. The Morgan fingerprint density at radius 3 is 2.53 bits per heavy atom. The van der Waals surface area contributed by atoms with Crippen LogP contribution in [0.2, 0.25) is 5.02 Å². The van der Waals surface area contributed by atoms with Crippen LogP contribution in [0.3, 0.4) is 0 Å². The summed E-state index contributed by atoms with van der Waals surface area (Å²) in [6, 6.07) is 14.1. The molecule has 0 amide bonds. The fourth-order valence-corrected chi connectivity index (χ4v) is 4.23. The van der Waals surface area contributed by atoms with Gasteiger partial charge < -0.3 is 20.6 Å². The minimum absolute atomic E-state index is 0.285. The molecule has 0 radical (unpaired) electrons. The van der Waals surface area contributed by atoms with Crippen molar-refractivity contribution in [3.05, 3.63) is 53.1 Å². The summed E-state index contributed by atoms with van der Waals surface area (Å²) in [4.78, 5) is 11.5. The van der Waals surface area contributed by atoms with Crippen molar-refractivity contribution in [3.63, 3.8) is 0 Å². The first-order valence-electron chi connectivity index (χ1n) is 10.4. The van der Waals surface area contributed by atoms with Gasteiger partial charge in [-0.1, -0.05) is 23.7 Å². The number of fused-ring (bicyclic) bond motifs is 1. The standard InChI is InChI=1S/C23H28ClN5O/c1-29(2)22-19-5-3-4-6-20(19)27-23(28-22)26-18-10-8-17(9-11-18)25-14-15-13-16(24)7-12-21(15)30/h3-7,12-13,17-18,25,30H,8-11,14H2,1-2H3,(H,26,27,28). The van der Waals surface area contributed by atoms with Crippen molar-refractivity contribution in [1.29, 1.82) is 0 Å². The fourth-order valence-electron chi connectivity index (χ4n) is 4.04. The summed E-state index contributed by atoms with van der Waals surface area (Å²) in [5.41, 5.74) is 1.79. The van der Waals surface area contributed by atoms with E-state index in [9.17, 15) is 5.11 Å². The maximum atomic E-state index is 9.98. The molecule has 0 atom stereocenters. The molecule has 0 spiro atoms. The van der Waals surface area contributed by atoms with Gasteiger partial charge in [-0.3, -0.25) is 0 Å². The number of aromatic nitrogens is 2. The van der Waals surface area contributed by atoms with Gasteiger partial charge in [-0.25, -0.2) is 4.98 Å². The maximum absolute atomic E-state index is 9.98. The molecule has 3 aromatic rings. The zero-order valence-corrected chi connectivity index (χ0v) is 18.2. The second kappa shape index (κ2) is 9.06. The molecular formula is C23H28ClN5O. The van der Waals surface area contributed by atoms with E-state index in [4.69, 9.17) is 21.6 Å². The van der Waals surface area contributed by atoms with Crippen LogP contribution in [0.25, 0.3) is 10.9 Å². The lowest BCUT2D eigenvalue weighted by atomic mass is 9.91. The van der Waals surface area contributed by atoms with Gasteiger partial charge in [0.2, 0.25) is 5.95 Å². The lowest BCUT2D eigenvalue weighted by Gasteiger charge is -2.30. The minimum Gasteiger partial charge on any atom is -0.508 e. The van der Waals surface area contributed by atoms with E-state index in [0.29, 0.717) is 29.6 Å². The Hall–Kier alpha value is -2.57. The van der Waals surface area contributed by atoms with Crippen molar-refractivity contribution < 1.29 is 5.11 Å². The van der Waals surface area contributed by atoms with E-state index in [-0.39, 0.29) is 5.75 Å². The van der Waals surface area contributed by atoms with E-state index in [0.717, 1.165) is 48.0 Å². The number of hydrogen-bond donors (Lipinski definition) is 3. The molecule has 4 rings (SSSR count). The van der Waals surface area contributed by atoms with Crippen LogP contribution < -0.4 is 15.5 Å². The second-order valence-corrected chi connectivity index (χ2v) is 8.57. The number of benzene rings is 2. The lowest BCUT2D eigenvalue weighted by Crippen LogP contribution is -2.37. The predicted molar refractivity (Wildman–Crippen MR) is 123 cm³/mol. The molecule has 0 bridgehead atoms. The zero-order chi connectivity index (χ0) is 21.1. The molecule has 0 unspecified atom stereocenters. The van der Waals surface area contributed by atoms with Crippen LogP contribution in [0.4, 0.5) is 11.8 Å². The van der Waals surface area contributed by atoms with E-state index in [1.54, 1.807) is 12.1 Å². The van der Waals surface area contributed by atoms with Crippen LogP contribution in [0.5, 0.6) is 5.75 Å². The summed E-state index contributed by atoms with van der Waals surface area (Å²) in [7, 11) is 4.01. The summed E-state index contributed by atoms with van der Waals surface area (Å²) < 4.78 is 0. The van der Waals surface area contributed by atoms with Crippen molar-refractivity contribution >= 4 is 34.3 Å². The topological polar surface area (TPSA) is 73.3 Å². The number of para-hydroxylation sites is 1. The third kappa shape index (κ3) is 4.77. The van der Waals surface area contributed by atoms with E-state index in [1.165, 1.54) is 0 Å². The number of aromatic hydroxyl groups is 1. The highest BCUT2D eigenvalue weighted by Gasteiger charge is 2.22. The van der Waals surface area contributed by atoms with Gasteiger partial charge in [0, 0.05) is 48.7 Å². The number of rotatable bonds is 6. The Bertz CT molecular complexity index is 1020. The Morgan fingerprint density at radius 1 is 1.03 bits per heavy atom. The van der Waals surface area contributed by atoms with Crippen LogP contribution >= 0.6 is 11.6 Å². The van der Waals surface area contributed by atoms with Crippen molar-refractivity contribution in [2.45, 2.75) is 44.3 Å². The van der Waals surface area contributed by atoms with Crippen LogP contribution in [0, 0.1) is 0 Å². The zero-order valence-electron chi connectivity index (χ0n) is 17.4. The van der Waals surface area contributed by atoms with Gasteiger partial charge in [0.25, 0.3) is 0 Å². The van der Waals surface area contributed by atoms with E-state index in [1.807, 2.05) is 43.3 Å². The largest absolute Gasteiger partial charge is 0.508 e. The number of nitrogens with zero attached hydrogens (tertiary/aromatic N) is 3. The highest BCUT2D eigenvalue weighted by Crippen LogP contribution is 2.27. The molecule has 1 fully saturated rings. The van der Waals surface area contributed by atoms with Gasteiger partial charge in [0.1, 0.15) is 11.6 Å². The van der Waals surface area contributed by atoms with Crippen molar-refractivity contribution in [2.75, 3.05) is 24.3 Å². The number of anilines is 2. The quantitative estimate of drug-likeness (QED) is 0.537. The molecule has 3 N–H and O–H groups in total. The molecule has 2 aromatic carbocycles. The Balaban J connectivity index is 1.35. The van der Waals surface area contributed by atoms with Gasteiger partial charge in [-0.05, 0) is 56.0 Å². The first-order chi connectivity index (χ1) is 14.5. The number of nitrogens with one attached hydrogen (secondary N) is 2. The van der Waals surface area contributed by atoms with E-state index < -0.39 is 0 Å². The second-order valence-electron chi connectivity index (χ2n) is 8.13. The molecule has 6 nitrogen and oxygen atoms in total. The molecule has 1 aliphatic rings. The average molecular weight is 426 g/mol. The molecule has 0 aliphatic heterocycles. The SMILES string of the molecule is CN(C)c1nc(NC2CCC(NCc3cc(Cl)ccc3O)CC2)nc2ccccc12. The molecule has 1 aromatic heterocycles. The van der Waals surface area contributed by atoms with Crippen LogP contribution in [-0.2, 0) is 6.54 Å². The Labute approximate surface area is 182 Å². The predicted octanol–water partition coefficient (Wildman–Crippen LogP) is 4.57. The van der Waals surface area contributed by atoms with E-state index in [2.05, 4.69) is 16.7 Å². The number of phenols is 1. The van der Waals surface area contributed by atoms with Gasteiger partial charge in [-0.2, -0.15) is 4.98 Å². The third-order valence-electron chi connectivity index (χ3n) is 5.69. The molecule has 30 heavy (non-hydrogen) atoms. The Kier molecular flexibility index (Phi) is 6.25. The molecule has 1 aliphatic carbocycles. The van der Waals surface area contributed by atoms with E-state index >= 15 is 0 Å². The van der Waals surface area contributed by atoms with Gasteiger partial charge in [0.15, 0.2) is 0 Å². The van der Waals surface area contributed by atoms with Crippen LogP contribution in [0.1, 0.15) is 31.2 Å². The summed E-state index contributed by atoms with van der Waals surface area (Å²) in [6.07, 6.45) is 4.22. The first-order valence-corrected chi connectivity index (χ1v) is 10.8. The van der Waals surface area contributed by atoms with Crippen LogP contribution in [0.15, 0.2) is 42.5 Å².